The van der Waals surface area contributed by atoms with Crippen LogP contribution in [-0.2, 0) is 4.74 Å². The van der Waals surface area contributed by atoms with Gasteiger partial charge in [-0.1, -0.05) is 41.9 Å². The number of nitrogens with one attached hydrogen (secondary N) is 3. The Hall–Kier alpha value is -3.10. The second kappa shape index (κ2) is 8.44. The predicted octanol–water partition coefficient (Wildman–Crippen LogP) is 4.20. The third kappa shape index (κ3) is 3.69. The molecule has 0 bridgehead atoms. The summed E-state index contributed by atoms with van der Waals surface area (Å²) in [6, 6.07) is 11.6. The highest BCUT2D eigenvalue weighted by Crippen LogP contribution is 2.35. The van der Waals surface area contributed by atoms with Crippen LogP contribution in [0.4, 0.5) is 5.82 Å². The standard InChI is InChI=1S/C23H25ClN6O2/c1-13(14-6-4-3-5-7-14)25-23(31)21-26-17-12-16-19(18(24)20(17)27-21)28-29-22(16)30-10-8-15(32-2)9-11-30/h3-7,12-13,15H,8-11H2,1-2H3,(H,25,31)(H,26,27)(H,28,29). The number of piperidine rings is 1. The fourth-order valence-electron chi connectivity index (χ4n) is 4.31. The minimum atomic E-state index is -0.280. The molecule has 0 spiro atoms. The number of carbonyl (C=O) groups is 1. The molecule has 1 aliphatic rings. The number of aromatic nitrogens is 4. The number of hydrogen-bond acceptors (Lipinski definition) is 5. The molecule has 4 aromatic rings. The minimum Gasteiger partial charge on any atom is -0.381 e. The van der Waals surface area contributed by atoms with Crippen molar-refractivity contribution in [2.24, 2.45) is 0 Å². The van der Waals surface area contributed by atoms with Crippen LogP contribution >= 0.6 is 11.6 Å². The number of carbonyl (C=O) groups excluding carboxylic acids is 1. The van der Waals surface area contributed by atoms with Crippen LogP contribution in [0.25, 0.3) is 21.9 Å². The van der Waals surface area contributed by atoms with Crippen LogP contribution < -0.4 is 10.2 Å². The first-order valence-corrected chi connectivity index (χ1v) is 11.1. The first-order chi connectivity index (χ1) is 15.5. The molecule has 1 saturated heterocycles. The second-order valence-corrected chi connectivity index (χ2v) is 8.55. The number of nitrogens with zero attached hydrogens (tertiary/aromatic N) is 3. The van der Waals surface area contributed by atoms with Crippen molar-refractivity contribution in [3.8, 4) is 0 Å². The van der Waals surface area contributed by atoms with E-state index in [1.54, 1.807) is 7.11 Å². The Morgan fingerprint density at radius 1 is 1.25 bits per heavy atom. The summed E-state index contributed by atoms with van der Waals surface area (Å²) in [5, 5.41) is 11.9. The molecule has 1 amide bonds. The van der Waals surface area contributed by atoms with E-state index in [0.29, 0.717) is 16.1 Å². The van der Waals surface area contributed by atoms with Gasteiger partial charge in [0.15, 0.2) is 11.6 Å². The van der Waals surface area contributed by atoms with E-state index in [2.05, 4.69) is 30.4 Å². The summed E-state index contributed by atoms with van der Waals surface area (Å²) < 4.78 is 5.47. The van der Waals surface area contributed by atoms with Gasteiger partial charge >= 0.3 is 0 Å². The molecule has 9 heteroatoms. The number of aromatic amines is 2. The van der Waals surface area contributed by atoms with E-state index in [0.717, 1.165) is 48.2 Å². The summed E-state index contributed by atoms with van der Waals surface area (Å²) in [7, 11) is 1.76. The van der Waals surface area contributed by atoms with Crippen molar-refractivity contribution in [1.29, 1.82) is 0 Å². The maximum Gasteiger partial charge on any atom is 0.287 e. The smallest absolute Gasteiger partial charge is 0.287 e. The number of amides is 1. The molecule has 0 saturated carbocycles. The number of anilines is 1. The van der Waals surface area contributed by atoms with E-state index in [9.17, 15) is 4.79 Å². The summed E-state index contributed by atoms with van der Waals surface area (Å²) in [5.41, 5.74) is 3.01. The van der Waals surface area contributed by atoms with Gasteiger partial charge in [-0.25, -0.2) is 4.98 Å². The van der Waals surface area contributed by atoms with Crippen LogP contribution in [0.2, 0.25) is 5.02 Å². The van der Waals surface area contributed by atoms with Crippen molar-refractivity contribution >= 4 is 45.3 Å². The van der Waals surface area contributed by atoms with Crippen molar-refractivity contribution in [2.45, 2.75) is 31.9 Å². The molecule has 2 aromatic carbocycles. The molecular formula is C23H25ClN6O2. The van der Waals surface area contributed by atoms with E-state index >= 15 is 0 Å². The first-order valence-electron chi connectivity index (χ1n) is 10.7. The molecule has 166 valence electrons. The summed E-state index contributed by atoms with van der Waals surface area (Å²) in [6.45, 7) is 3.66. The van der Waals surface area contributed by atoms with Gasteiger partial charge in [0.05, 0.1) is 33.7 Å². The fourth-order valence-corrected chi connectivity index (χ4v) is 4.60. The molecule has 1 fully saturated rings. The van der Waals surface area contributed by atoms with Crippen molar-refractivity contribution in [3.05, 3.63) is 52.8 Å². The van der Waals surface area contributed by atoms with Gasteiger partial charge in [-0.15, -0.1) is 0 Å². The highest BCUT2D eigenvalue weighted by Gasteiger charge is 2.24. The van der Waals surface area contributed by atoms with Crippen molar-refractivity contribution in [1.82, 2.24) is 25.5 Å². The summed E-state index contributed by atoms with van der Waals surface area (Å²) in [6.07, 6.45) is 2.19. The zero-order valence-electron chi connectivity index (χ0n) is 18.0. The van der Waals surface area contributed by atoms with Crippen molar-refractivity contribution < 1.29 is 9.53 Å². The summed E-state index contributed by atoms with van der Waals surface area (Å²) >= 11 is 6.68. The van der Waals surface area contributed by atoms with Crippen LogP contribution in [0.1, 0.15) is 42.0 Å². The van der Waals surface area contributed by atoms with E-state index in [1.807, 2.05) is 43.3 Å². The molecule has 1 aliphatic heterocycles. The third-order valence-corrected chi connectivity index (χ3v) is 6.55. The lowest BCUT2D eigenvalue weighted by Gasteiger charge is -2.31. The monoisotopic (exact) mass is 452 g/mol. The molecule has 0 radical (unpaired) electrons. The van der Waals surface area contributed by atoms with Crippen molar-refractivity contribution in [3.63, 3.8) is 0 Å². The first kappa shape index (κ1) is 20.8. The Morgan fingerprint density at radius 3 is 2.72 bits per heavy atom. The Labute approximate surface area is 190 Å². The van der Waals surface area contributed by atoms with Gasteiger partial charge in [-0.3, -0.25) is 9.89 Å². The number of methoxy groups -OCH3 is 1. The number of halogens is 1. The maximum atomic E-state index is 12.8. The lowest BCUT2D eigenvalue weighted by Crippen LogP contribution is -2.36. The van der Waals surface area contributed by atoms with Gasteiger partial charge in [0.1, 0.15) is 0 Å². The average Bonchev–Trinajstić information content (AvgIpc) is 3.45. The lowest BCUT2D eigenvalue weighted by atomic mass is 10.1. The number of ether oxygens (including phenoxy) is 1. The van der Waals surface area contributed by atoms with E-state index in [4.69, 9.17) is 16.3 Å². The zero-order chi connectivity index (χ0) is 22.2. The highest BCUT2D eigenvalue weighted by atomic mass is 35.5. The van der Waals surface area contributed by atoms with Crippen LogP contribution in [0.15, 0.2) is 36.4 Å². The largest absolute Gasteiger partial charge is 0.381 e. The molecule has 5 rings (SSSR count). The number of imidazole rings is 1. The van der Waals surface area contributed by atoms with Gasteiger partial charge in [0.25, 0.3) is 5.91 Å². The molecule has 32 heavy (non-hydrogen) atoms. The topological polar surface area (TPSA) is 98.9 Å². The lowest BCUT2D eigenvalue weighted by molar-refractivity contribution is 0.0818. The normalized spacial score (nSPS) is 16.0. The Kier molecular flexibility index (Phi) is 5.48. The quantitative estimate of drug-likeness (QED) is 0.421. The van der Waals surface area contributed by atoms with Crippen molar-refractivity contribution in [2.75, 3.05) is 25.1 Å². The molecule has 1 atom stereocenters. The van der Waals surface area contributed by atoms with E-state index in [1.165, 1.54) is 0 Å². The second-order valence-electron chi connectivity index (χ2n) is 8.17. The SMILES string of the molecule is COC1CCN(c2n[nH]c3c(Cl)c4[nH]c(C(=O)NC(C)c5ccccc5)nc4cc23)CC1. The Bertz CT molecular complexity index is 1260. The third-order valence-electron chi connectivity index (χ3n) is 6.17. The zero-order valence-corrected chi connectivity index (χ0v) is 18.7. The van der Waals surface area contributed by atoms with Crippen LogP contribution in [-0.4, -0.2) is 52.4 Å². The van der Waals surface area contributed by atoms with Gasteiger partial charge < -0.3 is 19.9 Å². The van der Waals surface area contributed by atoms with Gasteiger partial charge in [0, 0.05) is 25.6 Å². The fraction of sp³-hybridized carbons (Fsp3) is 0.348. The summed E-state index contributed by atoms with van der Waals surface area (Å²) in [4.78, 5) is 22.7. The van der Waals surface area contributed by atoms with Crippen LogP contribution in [0, 0.1) is 0 Å². The van der Waals surface area contributed by atoms with E-state index < -0.39 is 0 Å². The Balaban J connectivity index is 1.44. The highest BCUT2D eigenvalue weighted by molar-refractivity contribution is 6.40. The molecule has 3 heterocycles. The average molecular weight is 453 g/mol. The number of hydrogen-bond donors (Lipinski definition) is 3. The van der Waals surface area contributed by atoms with E-state index in [-0.39, 0.29) is 23.9 Å². The van der Waals surface area contributed by atoms with Gasteiger partial charge in [0.2, 0.25) is 0 Å². The number of rotatable bonds is 5. The maximum absolute atomic E-state index is 12.8. The number of benzene rings is 2. The molecule has 0 aliphatic carbocycles. The van der Waals surface area contributed by atoms with Gasteiger partial charge in [-0.05, 0) is 31.4 Å². The molecule has 2 aromatic heterocycles. The Morgan fingerprint density at radius 2 is 2.00 bits per heavy atom. The summed E-state index contributed by atoms with van der Waals surface area (Å²) in [5.74, 6) is 0.801. The molecular weight excluding hydrogens is 428 g/mol. The minimum absolute atomic E-state index is 0.146. The van der Waals surface area contributed by atoms with Crippen LogP contribution in [0.3, 0.4) is 0 Å². The molecule has 1 unspecified atom stereocenters. The predicted molar refractivity (Wildman–Crippen MR) is 125 cm³/mol. The number of H-pyrrole nitrogens is 2. The number of fused-ring (bicyclic) bond motifs is 2. The molecule has 3 N–H and O–H groups in total. The molecule has 8 nitrogen and oxygen atoms in total. The van der Waals surface area contributed by atoms with Crippen LogP contribution in [0.5, 0.6) is 0 Å². The van der Waals surface area contributed by atoms with Gasteiger partial charge in [-0.2, -0.15) is 5.10 Å².